The van der Waals surface area contributed by atoms with Crippen molar-refractivity contribution in [2.24, 2.45) is 23.0 Å². The average Bonchev–Trinajstić information content (AvgIpc) is 2.81. The summed E-state index contributed by atoms with van der Waals surface area (Å²) in [4.78, 5) is 25.9. The molecular formula is C19H28N2O4S. The van der Waals surface area contributed by atoms with Gasteiger partial charge in [0.15, 0.2) is 0 Å². The van der Waals surface area contributed by atoms with Crippen LogP contribution < -0.4 is 11.1 Å². The van der Waals surface area contributed by atoms with Gasteiger partial charge in [0.2, 0.25) is 5.91 Å². The molecule has 1 aromatic heterocycles. The Morgan fingerprint density at radius 2 is 1.88 bits per heavy atom. The molecule has 3 rings (SSSR count). The molecule has 0 bridgehead atoms. The van der Waals surface area contributed by atoms with Crippen LogP contribution in [0, 0.1) is 17.3 Å². The van der Waals surface area contributed by atoms with Crippen molar-refractivity contribution in [3.05, 3.63) is 16.0 Å². The van der Waals surface area contributed by atoms with Gasteiger partial charge >= 0.3 is 0 Å². The lowest BCUT2D eigenvalue weighted by atomic mass is 9.86. The first-order chi connectivity index (χ1) is 11.8. The van der Waals surface area contributed by atoms with Crippen LogP contribution in [0.5, 0.6) is 0 Å². The standard InChI is InChI=1S/C19H28N2O4S/c1-17(2)7-9-11(14(20)23)16(26-13(9)19(5,6)25-17)21-15(24)12-10(8-22)18(12,3)4/h10,12,22H,7-8H2,1-6H3,(H2,20,23)(H,21,24)/t10-,12+/m1/s1. The van der Waals surface area contributed by atoms with Crippen molar-refractivity contribution >= 4 is 28.2 Å². The van der Waals surface area contributed by atoms with Gasteiger partial charge in [0, 0.05) is 23.8 Å². The molecule has 2 aliphatic rings. The SMILES string of the molecule is CC1(C)Cc2c(sc(NC(=O)[C@@H]3[C@@H](CO)C3(C)C)c2C(N)=O)C(C)(C)O1. The Kier molecular flexibility index (Phi) is 4.29. The monoisotopic (exact) mass is 380 g/mol. The van der Waals surface area contributed by atoms with E-state index < -0.39 is 17.1 Å². The Morgan fingerprint density at radius 3 is 2.38 bits per heavy atom. The number of fused-ring (bicyclic) bond motifs is 1. The van der Waals surface area contributed by atoms with Crippen LogP contribution in [0.1, 0.15) is 62.3 Å². The lowest BCUT2D eigenvalue weighted by Crippen LogP contribution is -2.42. The number of primary amides is 1. The number of nitrogens with one attached hydrogen (secondary N) is 1. The molecule has 1 saturated carbocycles. The van der Waals surface area contributed by atoms with Crippen molar-refractivity contribution in [3.8, 4) is 0 Å². The van der Waals surface area contributed by atoms with Gasteiger partial charge in [-0.2, -0.15) is 0 Å². The van der Waals surface area contributed by atoms with E-state index in [2.05, 4.69) is 5.32 Å². The maximum Gasteiger partial charge on any atom is 0.251 e. The molecule has 0 aromatic carbocycles. The largest absolute Gasteiger partial charge is 0.396 e. The highest BCUT2D eigenvalue weighted by Crippen LogP contribution is 2.58. The fourth-order valence-corrected chi connectivity index (χ4v) is 5.73. The van der Waals surface area contributed by atoms with Gasteiger partial charge in [0.1, 0.15) is 5.00 Å². The maximum atomic E-state index is 12.7. The third-order valence-corrected chi connectivity index (χ3v) is 7.15. The number of aliphatic hydroxyl groups excluding tert-OH is 1. The topological polar surface area (TPSA) is 102 Å². The van der Waals surface area contributed by atoms with E-state index in [1.54, 1.807) is 0 Å². The summed E-state index contributed by atoms with van der Waals surface area (Å²) in [6.07, 6.45) is 0.560. The van der Waals surface area contributed by atoms with E-state index >= 15 is 0 Å². The van der Waals surface area contributed by atoms with Crippen molar-refractivity contribution in [1.82, 2.24) is 0 Å². The summed E-state index contributed by atoms with van der Waals surface area (Å²) < 4.78 is 6.18. The van der Waals surface area contributed by atoms with Crippen molar-refractivity contribution in [3.63, 3.8) is 0 Å². The molecular weight excluding hydrogens is 352 g/mol. The summed E-state index contributed by atoms with van der Waals surface area (Å²) in [5.41, 5.74) is 5.69. The van der Waals surface area contributed by atoms with Crippen LogP contribution in [0.3, 0.4) is 0 Å². The number of rotatable bonds is 4. The normalized spacial score (nSPS) is 27.5. The smallest absolute Gasteiger partial charge is 0.251 e. The minimum absolute atomic E-state index is 0.0240. The molecule has 1 aromatic rings. The lowest BCUT2D eigenvalue weighted by Gasteiger charge is -2.41. The summed E-state index contributed by atoms with van der Waals surface area (Å²) in [7, 11) is 0. The van der Waals surface area contributed by atoms with Crippen LogP contribution in [0.15, 0.2) is 0 Å². The summed E-state index contributed by atoms with van der Waals surface area (Å²) in [5.74, 6) is -1.05. The highest BCUT2D eigenvalue weighted by atomic mass is 32.1. The summed E-state index contributed by atoms with van der Waals surface area (Å²) in [5, 5.41) is 12.9. The third kappa shape index (κ3) is 2.96. The van der Waals surface area contributed by atoms with Gasteiger partial charge in [-0.1, -0.05) is 13.8 Å². The van der Waals surface area contributed by atoms with E-state index in [0.29, 0.717) is 17.0 Å². The highest BCUT2D eigenvalue weighted by Gasteiger charge is 2.61. The van der Waals surface area contributed by atoms with Crippen molar-refractivity contribution in [1.29, 1.82) is 0 Å². The minimum Gasteiger partial charge on any atom is -0.396 e. The molecule has 1 aliphatic carbocycles. The number of amides is 2. The molecule has 6 nitrogen and oxygen atoms in total. The Morgan fingerprint density at radius 1 is 1.27 bits per heavy atom. The second-order valence-electron chi connectivity index (χ2n) is 9.10. The number of hydrogen-bond acceptors (Lipinski definition) is 5. The first-order valence-corrected chi connectivity index (χ1v) is 9.71. The number of carbonyl (C=O) groups excluding carboxylic acids is 2. The molecule has 2 amide bonds. The number of ether oxygens (including phenoxy) is 1. The zero-order chi connectivity index (χ0) is 19.7. The molecule has 144 valence electrons. The van der Waals surface area contributed by atoms with Crippen LogP contribution in [0.2, 0.25) is 0 Å². The van der Waals surface area contributed by atoms with E-state index in [9.17, 15) is 14.7 Å². The van der Waals surface area contributed by atoms with Crippen LogP contribution in [-0.2, 0) is 21.6 Å². The van der Waals surface area contributed by atoms with Gasteiger partial charge in [-0.25, -0.2) is 0 Å². The van der Waals surface area contributed by atoms with Gasteiger partial charge in [0.05, 0.1) is 16.8 Å². The van der Waals surface area contributed by atoms with E-state index in [4.69, 9.17) is 10.5 Å². The van der Waals surface area contributed by atoms with Crippen LogP contribution >= 0.6 is 11.3 Å². The Labute approximate surface area is 158 Å². The van der Waals surface area contributed by atoms with E-state index in [1.165, 1.54) is 11.3 Å². The third-order valence-electron chi connectivity index (χ3n) is 5.70. The van der Waals surface area contributed by atoms with Crippen molar-refractivity contribution < 1.29 is 19.4 Å². The Hall–Kier alpha value is -1.44. The lowest BCUT2D eigenvalue weighted by molar-refractivity contribution is -0.135. The Balaban J connectivity index is 1.98. The maximum absolute atomic E-state index is 12.7. The second kappa shape index (κ2) is 5.78. The molecule has 7 heteroatoms. The summed E-state index contributed by atoms with van der Waals surface area (Å²) >= 11 is 1.36. The summed E-state index contributed by atoms with van der Waals surface area (Å²) in [6.45, 7) is 11.8. The molecule has 1 fully saturated rings. The van der Waals surface area contributed by atoms with Gasteiger partial charge in [-0.05, 0) is 44.6 Å². The molecule has 0 radical (unpaired) electrons. The molecule has 2 atom stereocenters. The first-order valence-electron chi connectivity index (χ1n) is 8.89. The van der Waals surface area contributed by atoms with Gasteiger partial charge in [0.25, 0.3) is 5.91 Å². The van der Waals surface area contributed by atoms with Gasteiger partial charge < -0.3 is 20.9 Å². The molecule has 0 spiro atoms. The Bertz CT molecular complexity index is 779. The predicted molar refractivity (Wildman–Crippen MR) is 101 cm³/mol. The number of aliphatic hydroxyl groups is 1. The quantitative estimate of drug-likeness (QED) is 0.747. The van der Waals surface area contributed by atoms with Crippen LogP contribution in [-0.4, -0.2) is 29.1 Å². The minimum atomic E-state index is -0.568. The first kappa shape index (κ1) is 19.3. The number of hydrogen-bond donors (Lipinski definition) is 3. The molecule has 0 saturated heterocycles. The highest BCUT2D eigenvalue weighted by molar-refractivity contribution is 7.17. The number of nitrogens with two attached hydrogens (primary N) is 1. The molecule has 1 aliphatic heterocycles. The zero-order valence-electron chi connectivity index (χ0n) is 16.2. The molecule has 2 heterocycles. The summed E-state index contributed by atoms with van der Waals surface area (Å²) in [6, 6.07) is 0. The van der Waals surface area contributed by atoms with E-state index in [1.807, 2.05) is 41.5 Å². The number of carbonyl (C=O) groups is 2. The number of thiophene rings is 1. The van der Waals surface area contributed by atoms with E-state index in [-0.39, 0.29) is 29.8 Å². The van der Waals surface area contributed by atoms with Crippen LogP contribution in [0.25, 0.3) is 0 Å². The number of anilines is 1. The van der Waals surface area contributed by atoms with Crippen molar-refractivity contribution in [2.45, 2.75) is 59.2 Å². The predicted octanol–water partition coefficient (Wildman–Crippen LogP) is 2.64. The molecule has 26 heavy (non-hydrogen) atoms. The molecule has 4 N–H and O–H groups in total. The van der Waals surface area contributed by atoms with Crippen LogP contribution in [0.4, 0.5) is 5.00 Å². The zero-order valence-corrected chi connectivity index (χ0v) is 17.0. The molecule has 0 unspecified atom stereocenters. The second-order valence-corrected chi connectivity index (χ2v) is 10.1. The average molecular weight is 381 g/mol. The fourth-order valence-electron chi connectivity index (χ4n) is 4.46. The van der Waals surface area contributed by atoms with Gasteiger partial charge in [-0.15, -0.1) is 11.3 Å². The van der Waals surface area contributed by atoms with Gasteiger partial charge in [-0.3, -0.25) is 9.59 Å². The van der Waals surface area contributed by atoms with Crippen molar-refractivity contribution in [2.75, 3.05) is 11.9 Å². The fraction of sp³-hybridized carbons (Fsp3) is 0.684. The van der Waals surface area contributed by atoms with E-state index in [0.717, 1.165) is 10.4 Å².